The number of hydrogen-bond donors (Lipinski definition) is 1. The summed E-state index contributed by atoms with van der Waals surface area (Å²) in [6, 6.07) is 21.8. The minimum Gasteiger partial charge on any atom is -0.494 e. The first kappa shape index (κ1) is 78.1. The Balaban J connectivity index is 0.000000252. The predicted molar refractivity (Wildman–Crippen MR) is 396 cm³/mol. The number of esters is 2. The molecule has 0 amide bonds. The SMILES string of the molecule is C=C(OCC)c1c(C2CCC(OCCOC)(C(=O)OCCOC)CC2)nc2c(-c3cnn(-c4ccccc4)c3)cnn2c1N(COCC[Si](C)(C)C)COCC[Si](C)(C)C.COCCOC(=O)C1(OCCOC)CCC(c2nc3c(-c4cnn(-c5ccccc5)c4)cnn3c(N)c2C(C)=O)CC1. The summed E-state index contributed by atoms with van der Waals surface area (Å²) in [6.07, 6.45) is 15.0. The predicted octanol–water partition coefficient (Wildman–Crippen LogP) is 11.9. The van der Waals surface area contributed by atoms with E-state index >= 15 is 0 Å². The van der Waals surface area contributed by atoms with Crippen LogP contribution in [0, 0.1) is 0 Å². The van der Waals surface area contributed by atoms with E-state index in [0.29, 0.717) is 126 Å². The number of carbonyl (C=O) groups excluding carboxylic acids is 3. The first-order valence-electron chi connectivity index (χ1n) is 35.2. The molecule has 10 rings (SSSR count). The van der Waals surface area contributed by atoms with Crippen LogP contribution >= 0.6 is 0 Å². The zero-order valence-electron chi connectivity index (χ0n) is 61.6. The summed E-state index contributed by atoms with van der Waals surface area (Å²) >= 11 is 0. The summed E-state index contributed by atoms with van der Waals surface area (Å²) in [4.78, 5) is 52.3. The van der Waals surface area contributed by atoms with Gasteiger partial charge in [0.1, 0.15) is 44.1 Å². The molecule has 0 spiro atoms. The fourth-order valence-corrected chi connectivity index (χ4v) is 14.2. The van der Waals surface area contributed by atoms with Crippen LogP contribution in [0.15, 0.2) is 104 Å². The minimum atomic E-state index is -1.37. The van der Waals surface area contributed by atoms with Gasteiger partial charge in [0.05, 0.1) is 105 Å². The number of nitrogens with two attached hydrogens (primary N) is 1. The number of ketones is 1. The van der Waals surface area contributed by atoms with Crippen LogP contribution in [-0.2, 0) is 61.7 Å². The Labute approximate surface area is 600 Å². The summed E-state index contributed by atoms with van der Waals surface area (Å²) in [5.41, 5.74) is 13.1. The maximum Gasteiger partial charge on any atom is 0.338 e. The van der Waals surface area contributed by atoms with Crippen molar-refractivity contribution in [3.8, 4) is 33.6 Å². The Morgan fingerprint density at radius 1 is 0.549 bits per heavy atom. The van der Waals surface area contributed by atoms with Gasteiger partial charge in [-0.1, -0.05) is 82.3 Å². The Bertz CT molecular complexity index is 4000. The van der Waals surface area contributed by atoms with Crippen LogP contribution in [0.4, 0.5) is 11.6 Å². The smallest absolute Gasteiger partial charge is 0.338 e. The van der Waals surface area contributed by atoms with E-state index in [-0.39, 0.29) is 69.3 Å². The summed E-state index contributed by atoms with van der Waals surface area (Å²) < 4.78 is 70.5. The molecule has 6 heterocycles. The molecular formula is C74H104N12O14Si2. The van der Waals surface area contributed by atoms with Gasteiger partial charge in [-0.15, -0.1) is 0 Å². The van der Waals surface area contributed by atoms with Crippen molar-refractivity contribution in [1.29, 1.82) is 0 Å². The van der Waals surface area contributed by atoms with Gasteiger partial charge in [-0.3, -0.25) is 4.79 Å². The lowest BCUT2D eigenvalue weighted by molar-refractivity contribution is -0.181. The molecule has 2 fully saturated rings. The molecule has 0 atom stereocenters. The highest BCUT2D eigenvalue weighted by Gasteiger charge is 2.48. The molecule has 0 unspecified atom stereocenters. The number of carbonyl (C=O) groups is 3. The van der Waals surface area contributed by atoms with Gasteiger partial charge in [-0.05, 0) is 102 Å². The van der Waals surface area contributed by atoms with E-state index < -0.39 is 33.3 Å². The Hall–Kier alpha value is -8.04. The average Bonchev–Trinajstić information content (AvgIpc) is 1.45. The molecule has 552 valence electrons. The molecule has 102 heavy (non-hydrogen) atoms. The van der Waals surface area contributed by atoms with Crippen LogP contribution < -0.4 is 10.6 Å². The van der Waals surface area contributed by atoms with Gasteiger partial charge in [-0.2, -0.15) is 29.4 Å². The number of benzene rings is 2. The van der Waals surface area contributed by atoms with Gasteiger partial charge in [0.2, 0.25) is 0 Å². The molecule has 2 aromatic carbocycles. The third kappa shape index (κ3) is 19.6. The highest BCUT2D eigenvalue weighted by molar-refractivity contribution is 6.76. The average molecular weight is 1440 g/mol. The third-order valence-corrected chi connectivity index (χ3v) is 21.8. The molecule has 0 saturated heterocycles. The van der Waals surface area contributed by atoms with Crippen molar-refractivity contribution >= 4 is 62.6 Å². The van der Waals surface area contributed by atoms with Crippen molar-refractivity contribution in [2.75, 3.05) is 125 Å². The normalized spacial score (nSPS) is 17.9. The number of fused-ring (bicyclic) bond motifs is 2. The second kappa shape index (κ2) is 36.4. The van der Waals surface area contributed by atoms with Crippen molar-refractivity contribution in [3.05, 3.63) is 127 Å². The number of para-hydroxylation sites is 2. The fourth-order valence-electron chi connectivity index (χ4n) is 12.7. The van der Waals surface area contributed by atoms with E-state index in [1.807, 2.05) is 102 Å². The highest BCUT2D eigenvalue weighted by atomic mass is 28.3. The Kier molecular flexibility index (Phi) is 27.9. The number of anilines is 2. The quantitative estimate of drug-likeness (QED) is 0.00945. The van der Waals surface area contributed by atoms with E-state index in [2.05, 4.69) is 61.0 Å². The summed E-state index contributed by atoms with van der Waals surface area (Å²) in [5.74, 6) is 0.214. The molecule has 28 heteroatoms. The number of aromatic nitrogens is 10. The monoisotopic (exact) mass is 1440 g/mol. The highest BCUT2D eigenvalue weighted by Crippen LogP contribution is 2.47. The summed E-state index contributed by atoms with van der Waals surface area (Å²) in [6.45, 7) is 26.3. The van der Waals surface area contributed by atoms with E-state index in [4.69, 9.17) is 78.0 Å². The first-order chi connectivity index (χ1) is 49.1. The maximum atomic E-state index is 13.7. The van der Waals surface area contributed by atoms with Crippen molar-refractivity contribution in [2.24, 2.45) is 0 Å². The van der Waals surface area contributed by atoms with Gasteiger partial charge >= 0.3 is 11.9 Å². The van der Waals surface area contributed by atoms with Crippen molar-refractivity contribution < 1.29 is 66.5 Å². The lowest BCUT2D eigenvalue weighted by Crippen LogP contribution is -2.47. The van der Waals surface area contributed by atoms with Gasteiger partial charge < -0.3 is 62.7 Å². The summed E-state index contributed by atoms with van der Waals surface area (Å²) in [5, 5.41) is 18.7. The van der Waals surface area contributed by atoms with Crippen LogP contribution in [0.25, 0.3) is 50.7 Å². The number of hydrogen-bond acceptors (Lipinski definition) is 22. The number of rotatable bonds is 37. The molecule has 2 N–H and O–H groups in total. The third-order valence-electron chi connectivity index (χ3n) is 18.4. The van der Waals surface area contributed by atoms with Crippen molar-refractivity contribution in [1.82, 2.24) is 48.8 Å². The molecule has 2 aliphatic rings. The number of nitrogen functional groups attached to an aromatic ring is 1. The number of nitrogens with zero attached hydrogens (tertiary/aromatic N) is 11. The second-order valence-corrected chi connectivity index (χ2v) is 39.4. The zero-order valence-corrected chi connectivity index (χ0v) is 63.6. The standard InChI is InChI=1S/C44H68N6O8Si2.C30H36N6O6/c1-11-56-34(2)39-40(35-17-19-44(20-18-35,58-24-22-53-4)43(51)57-23-21-52-3)47-41-38(36-29-45-49(31-36)37-15-13-12-14-16-37)30-46-50(41)42(39)48(32-54-25-27-59(5,6)7)33-55-26-28-60(8,9)10;1-20(37)25-26(21-9-11-30(12-10-21,42-16-14-40-3)29(38)41-15-13-39-2)34-28-24(18-33-36(28)27(25)31)22-17-32-35(19-22)23-7-5-4-6-8-23/h12-16,29-31,35H,2,11,17-28,32-33H2,1,3-10H3;4-8,17-19,21H,9-16,31H2,1-3H3. The minimum absolute atomic E-state index is 0.0934. The number of Topliss-reactive ketones (excluding diaryl/α,β-unsaturated/α-hetero) is 1. The molecule has 6 aromatic heterocycles. The van der Waals surface area contributed by atoms with E-state index in [9.17, 15) is 14.4 Å². The fraction of sp³-hybridized carbons (Fsp3) is 0.527. The van der Waals surface area contributed by atoms with E-state index in [1.54, 1.807) is 45.5 Å². The maximum absolute atomic E-state index is 13.7. The Morgan fingerprint density at radius 3 is 1.37 bits per heavy atom. The largest absolute Gasteiger partial charge is 0.494 e. The molecule has 2 aliphatic carbocycles. The van der Waals surface area contributed by atoms with Gasteiger partial charge in [0, 0.05) is 104 Å². The molecule has 0 radical (unpaired) electrons. The van der Waals surface area contributed by atoms with Crippen LogP contribution in [0.2, 0.25) is 51.4 Å². The first-order valence-corrected chi connectivity index (χ1v) is 42.6. The second-order valence-electron chi connectivity index (χ2n) is 28.2. The van der Waals surface area contributed by atoms with Crippen LogP contribution in [-0.4, -0.2) is 208 Å². The van der Waals surface area contributed by atoms with E-state index in [1.165, 1.54) is 11.4 Å². The zero-order chi connectivity index (χ0) is 73.0. The topological polar surface area (TPSA) is 278 Å². The number of ether oxygens (including phenoxy) is 11. The van der Waals surface area contributed by atoms with E-state index in [0.717, 1.165) is 62.8 Å². The molecule has 0 bridgehead atoms. The molecule has 2 saturated carbocycles. The van der Waals surface area contributed by atoms with Crippen molar-refractivity contribution in [2.45, 2.75) is 140 Å². The molecule has 26 nitrogen and oxygen atoms in total. The molecule has 0 aliphatic heterocycles. The van der Waals surface area contributed by atoms with Gasteiger partial charge in [0.25, 0.3) is 0 Å². The Morgan fingerprint density at radius 2 is 0.961 bits per heavy atom. The summed E-state index contributed by atoms with van der Waals surface area (Å²) in [7, 11) is 3.59. The number of methoxy groups -OCH3 is 4. The molecular weight excluding hydrogens is 1340 g/mol. The van der Waals surface area contributed by atoms with Gasteiger partial charge in [-0.25, -0.2) is 28.9 Å². The van der Waals surface area contributed by atoms with Crippen molar-refractivity contribution in [3.63, 3.8) is 0 Å². The van der Waals surface area contributed by atoms with Crippen LogP contribution in [0.5, 0.6) is 0 Å². The lowest BCUT2D eigenvalue weighted by atomic mass is 9.76. The van der Waals surface area contributed by atoms with Gasteiger partial charge in [0.15, 0.2) is 28.3 Å². The van der Waals surface area contributed by atoms with Crippen LogP contribution in [0.3, 0.4) is 0 Å². The lowest BCUT2D eigenvalue weighted by Gasteiger charge is -2.38. The molecule has 8 aromatic rings. The van der Waals surface area contributed by atoms with Crippen LogP contribution in [0.1, 0.15) is 104 Å².